The Hall–Kier alpha value is -0.780. The maximum absolute atomic E-state index is 2.37. The number of allylic oxidation sites excluding steroid dienone is 6. The molecule has 0 aromatic carbocycles. The molecular weight excluding hydrogens is 156 g/mol. The molecule has 13 heavy (non-hydrogen) atoms. The van der Waals surface area contributed by atoms with Gasteiger partial charge in [0.15, 0.2) is 0 Å². The molecule has 0 amide bonds. The van der Waals surface area contributed by atoms with Gasteiger partial charge in [0.1, 0.15) is 0 Å². The molecule has 0 atom stereocenters. The summed E-state index contributed by atoms with van der Waals surface area (Å²) in [5.74, 6) is 1.41. The van der Waals surface area contributed by atoms with Gasteiger partial charge >= 0.3 is 0 Å². The van der Waals surface area contributed by atoms with Gasteiger partial charge in [0.25, 0.3) is 0 Å². The number of rotatable bonds is 2. The molecule has 1 aliphatic rings. The topological polar surface area (TPSA) is 0 Å². The Kier molecular flexibility index (Phi) is 3.53. The Balaban J connectivity index is 2.74. The van der Waals surface area contributed by atoms with Crippen LogP contribution in [-0.2, 0) is 0 Å². The molecule has 1 rings (SSSR count). The quantitative estimate of drug-likeness (QED) is 0.594. The van der Waals surface area contributed by atoms with Gasteiger partial charge in [-0.2, -0.15) is 0 Å². The van der Waals surface area contributed by atoms with Gasteiger partial charge in [-0.25, -0.2) is 0 Å². The third-order valence-corrected chi connectivity index (χ3v) is 2.31. The molecule has 0 aliphatic heterocycles. The van der Waals surface area contributed by atoms with Crippen molar-refractivity contribution in [2.45, 2.75) is 34.1 Å². The minimum Gasteiger partial charge on any atom is -0.0747 e. The predicted molar refractivity (Wildman–Crippen MR) is 59.6 cm³/mol. The summed E-state index contributed by atoms with van der Waals surface area (Å²) >= 11 is 0. The van der Waals surface area contributed by atoms with Gasteiger partial charge in [-0.15, -0.1) is 0 Å². The van der Waals surface area contributed by atoms with Crippen LogP contribution >= 0.6 is 0 Å². The molecule has 0 heterocycles. The van der Waals surface area contributed by atoms with Crippen molar-refractivity contribution in [2.75, 3.05) is 0 Å². The first kappa shape index (κ1) is 10.3. The first-order valence-corrected chi connectivity index (χ1v) is 5.13. The van der Waals surface area contributed by atoms with Gasteiger partial charge < -0.3 is 0 Å². The highest BCUT2D eigenvalue weighted by Gasteiger charge is 2.07. The number of hydrogen-bond acceptors (Lipinski definition) is 0. The van der Waals surface area contributed by atoms with Crippen LogP contribution in [0, 0.1) is 11.8 Å². The Morgan fingerprint density at radius 3 is 1.92 bits per heavy atom. The van der Waals surface area contributed by atoms with Gasteiger partial charge in [-0.3, -0.25) is 0 Å². The van der Waals surface area contributed by atoms with Crippen molar-refractivity contribution in [1.29, 1.82) is 0 Å². The number of hydrogen-bond donors (Lipinski definition) is 0. The summed E-state index contributed by atoms with van der Waals surface area (Å²) in [6.45, 7) is 8.92. The second-order valence-electron chi connectivity index (χ2n) is 4.45. The van der Waals surface area contributed by atoms with Crippen molar-refractivity contribution >= 4 is 0 Å². The Morgan fingerprint density at radius 1 is 1.08 bits per heavy atom. The van der Waals surface area contributed by atoms with Crippen LogP contribution in [0.4, 0.5) is 0 Å². The van der Waals surface area contributed by atoms with Gasteiger partial charge in [-0.05, 0) is 32.1 Å². The normalized spacial score (nSPS) is 18.5. The maximum atomic E-state index is 2.37. The summed E-state index contributed by atoms with van der Waals surface area (Å²) in [6, 6.07) is 0. The summed E-state index contributed by atoms with van der Waals surface area (Å²) in [6.07, 6.45) is 10.4. The van der Waals surface area contributed by atoms with E-state index >= 15 is 0 Å². The van der Waals surface area contributed by atoms with Crippen LogP contribution in [0.25, 0.3) is 0 Å². The fourth-order valence-electron chi connectivity index (χ4n) is 1.78. The van der Waals surface area contributed by atoms with Crippen molar-refractivity contribution in [3.05, 3.63) is 35.5 Å². The first-order chi connectivity index (χ1) is 6.08. The van der Waals surface area contributed by atoms with Gasteiger partial charge in [-0.1, -0.05) is 49.3 Å². The second-order valence-corrected chi connectivity index (χ2v) is 4.45. The average molecular weight is 176 g/mol. The minimum absolute atomic E-state index is 0.634. The lowest BCUT2D eigenvalue weighted by atomic mass is 9.94. The molecule has 0 nitrogen and oxygen atoms in total. The van der Waals surface area contributed by atoms with E-state index in [9.17, 15) is 0 Å². The highest BCUT2D eigenvalue weighted by molar-refractivity contribution is 5.31. The molecule has 0 heteroatoms. The fourth-order valence-corrected chi connectivity index (χ4v) is 1.78. The van der Waals surface area contributed by atoms with Crippen LogP contribution in [0.1, 0.15) is 34.1 Å². The third kappa shape index (κ3) is 3.63. The molecule has 0 aromatic rings. The Morgan fingerprint density at radius 2 is 1.54 bits per heavy atom. The van der Waals surface area contributed by atoms with Gasteiger partial charge in [0.05, 0.1) is 0 Å². The molecule has 0 saturated heterocycles. The lowest BCUT2D eigenvalue weighted by Gasteiger charge is -2.11. The van der Waals surface area contributed by atoms with E-state index in [1.54, 1.807) is 0 Å². The maximum Gasteiger partial charge on any atom is -0.00396 e. The fraction of sp³-hybridized carbons (Fsp3) is 0.538. The summed E-state index contributed by atoms with van der Waals surface area (Å²) in [4.78, 5) is 0. The standard InChI is InChI=1S/C13H20/c1-10(2)7-13-8-11(3)5-6-12(4)9-13/h5-6,8-10,13H,7H2,1-4H3. The van der Waals surface area contributed by atoms with Crippen molar-refractivity contribution < 1.29 is 0 Å². The Labute approximate surface area is 82.0 Å². The van der Waals surface area contributed by atoms with E-state index in [1.165, 1.54) is 17.6 Å². The molecule has 0 bridgehead atoms. The zero-order chi connectivity index (χ0) is 9.84. The predicted octanol–water partition coefficient (Wildman–Crippen LogP) is 4.11. The van der Waals surface area contributed by atoms with E-state index in [1.807, 2.05) is 0 Å². The van der Waals surface area contributed by atoms with E-state index in [4.69, 9.17) is 0 Å². The van der Waals surface area contributed by atoms with Crippen LogP contribution < -0.4 is 0 Å². The largest absolute Gasteiger partial charge is 0.0747 e. The zero-order valence-corrected chi connectivity index (χ0v) is 9.17. The summed E-state index contributed by atoms with van der Waals surface area (Å²) in [5, 5.41) is 0. The second kappa shape index (κ2) is 4.45. The van der Waals surface area contributed by atoms with E-state index in [-0.39, 0.29) is 0 Å². The van der Waals surface area contributed by atoms with Crippen LogP contribution in [0.5, 0.6) is 0 Å². The van der Waals surface area contributed by atoms with Crippen molar-refractivity contribution in [2.24, 2.45) is 11.8 Å². The van der Waals surface area contributed by atoms with Crippen LogP contribution in [0.15, 0.2) is 35.5 Å². The first-order valence-electron chi connectivity index (χ1n) is 5.13. The third-order valence-electron chi connectivity index (χ3n) is 2.31. The molecule has 0 N–H and O–H groups in total. The van der Waals surface area contributed by atoms with Crippen LogP contribution in [0.2, 0.25) is 0 Å². The van der Waals surface area contributed by atoms with Crippen LogP contribution in [-0.4, -0.2) is 0 Å². The van der Waals surface area contributed by atoms with Gasteiger partial charge in [0.2, 0.25) is 0 Å². The lowest BCUT2D eigenvalue weighted by molar-refractivity contribution is 0.531. The minimum atomic E-state index is 0.634. The smallest absolute Gasteiger partial charge is 0.00396 e. The molecule has 1 aliphatic carbocycles. The lowest BCUT2D eigenvalue weighted by Crippen LogP contribution is -1.98. The van der Waals surface area contributed by atoms with Crippen molar-refractivity contribution in [3.63, 3.8) is 0 Å². The van der Waals surface area contributed by atoms with E-state index in [2.05, 4.69) is 52.0 Å². The molecule has 0 spiro atoms. The monoisotopic (exact) mass is 176 g/mol. The van der Waals surface area contributed by atoms with E-state index < -0.39 is 0 Å². The molecule has 72 valence electrons. The molecule has 0 saturated carbocycles. The zero-order valence-electron chi connectivity index (χ0n) is 9.17. The van der Waals surface area contributed by atoms with E-state index in [0.29, 0.717) is 5.92 Å². The highest BCUT2D eigenvalue weighted by atomic mass is 14.1. The van der Waals surface area contributed by atoms with Crippen molar-refractivity contribution in [3.8, 4) is 0 Å². The summed E-state index contributed by atoms with van der Waals surface area (Å²) < 4.78 is 0. The summed E-state index contributed by atoms with van der Waals surface area (Å²) in [7, 11) is 0. The SMILES string of the molecule is CC1=CC(CC(C)C)C=C(C)C=C1. The molecular formula is C13H20. The van der Waals surface area contributed by atoms with Crippen molar-refractivity contribution in [1.82, 2.24) is 0 Å². The Bertz CT molecular complexity index is 229. The average Bonchev–Trinajstić information content (AvgIpc) is 2.11. The summed E-state index contributed by atoms with van der Waals surface area (Å²) in [5.41, 5.74) is 2.78. The molecule has 0 radical (unpaired) electrons. The van der Waals surface area contributed by atoms with Crippen LogP contribution in [0.3, 0.4) is 0 Å². The molecule has 0 unspecified atom stereocenters. The highest BCUT2D eigenvalue weighted by Crippen LogP contribution is 2.21. The molecule has 0 aromatic heterocycles. The van der Waals surface area contributed by atoms with E-state index in [0.717, 1.165) is 5.92 Å². The van der Waals surface area contributed by atoms with Gasteiger partial charge in [0, 0.05) is 0 Å². The molecule has 0 fully saturated rings.